The van der Waals surface area contributed by atoms with E-state index in [-0.39, 0.29) is 0 Å². The zero-order valence-electron chi connectivity index (χ0n) is 9.94. The van der Waals surface area contributed by atoms with E-state index in [1.165, 1.54) is 16.9 Å². The number of rotatable bonds is 7. The van der Waals surface area contributed by atoms with Crippen LogP contribution in [-0.4, -0.2) is 29.9 Å². The molecule has 0 aliphatic carbocycles. The molecule has 1 rings (SSSR count). The summed E-state index contributed by atoms with van der Waals surface area (Å²) >= 11 is 1.52. The van der Waals surface area contributed by atoms with E-state index in [4.69, 9.17) is 0 Å². The third-order valence-electron chi connectivity index (χ3n) is 2.63. The van der Waals surface area contributed by atoms with Crippen LogP contribution in [0.3, 0.4) is 0 Å². The zero-order chi connectivity index (χ0) is 12.0. The van der Waals surface area contributed by atoms with Crippen LogP contribution in [0.5, 0.6) is 0 Å². The lowest BCUT2D eigenvalue weighted by Crippen LogP contribution is -2.29. The molecular weight excluding hydrogens is 222 g/mol. The molecule has 4 heteroatoms. The second-order valence-electron chi connectivity index (χ2n) is 3.98. The van der Waals surface area contributed by atoms with E-state index in [9.17, 15) is 10.2 Å². The number of aliphatic hydroxyl groups excluding tert-OH is 2. The Hall–Kier alpha value is -0.420. The van der Waals surface area contributed by atoms with E-state index < -0.39 is 12.2 Å². The van der Waals surface area contributed by atoms with Gasteiger partial charge in [0.15, 0.2) is 0 Å². The van der Waals surface area contributed by atoms with Crippen molar-refractivity contribution in [1.82, 2.24) is 5.32 Å². The van der Waals surface area contributed by atoms with Crippen LogP contribution in [-0.2, 0) is 6.42 Å². The molecule has 0 spiro atoms. The molecule has 3 N–H and O–H groups in total. The van der Waals surface area contributed by atoms with Gasteiger partial charge in [-0.25, -0.2) is 0 Å². The van der Waals surface area contributed by atoms with Gasteiger partial charge in [0.05, 0.1) is 6.10 Å². The molecule has 0 saturated heterocycles. The van der Waals surface area contributed by atoms with E-state index in [1.807, 2.05) is 11.4 Å². The van der Waals surface area contributed by atoms with Gasteiger partial charge >= 0.3 is 0 Å². The minimum atomic E-state index is -0.765. The average molecular weight is 243 g/mol. The highest BCUT2D eigenvalue weighted by molar-refractivity contribution is 7.10. The Morgan fingerprint density at radius 3 is 2.81 bits per heavy atom. The number of thiophene rings is 1. The third-order valence-corrected chi connectivity index (χ3v) is 3.66. The summed E-state index contributed by atoms with van der Waals surface area (Å²) in [5, 5.41) is 24.6. The van der Waals surface area contributed by atoms with Crippen molar-refractivity contribution in [3.8, 4) is 0 Å². The van der Waals surface area contributed by atoms with Gasteiger partial charge in [0, 0.05) is 11.4 Å². The summed E-state index contributed by atoms with van der Waals surface area (Å²) in [6.07, 6.45) is 1.75. The largest absolute Gasteiger partial charge is 0.389 e. The van der Waals surface area contributed by atoms with Crippen molar-refractivity contribution < 1.29 is 10.2 Å². The predicted octanol–water partition coefficient (Wildman–Crippen LogP) is 1.70. The van der Waals surface area contributed by atoms with Crippen molar-refractivity contribution in [3.63, 3.8) is 0 Å². The Morgan fingerprint density at radius 2 is 2.19 bits per heavy atom. The van der Waals surface area contributed by atoms with Crippen LogP contribution >= 0.6 is 11.3 Å². The fourth-order valence-electron chi connectivity index (χ4n) is 1.68. The number of hydrogen-bond donors (Lipinski definition) is 3. The summed E-state index contributed by atoms with van der Waals surface area (Å²) in [7, 11) is 1.77. The molecule has 0 saturated carbocycles. The lowest BCUT2D eigenvalue weighted by Gasteiger charge is -2.17. The number of likely N-dealkylation sites (N-methyl/N-ethyl adjacent to an activating group) is 1. The maximum absolute atomic E-state index is 10.0. The van der Waals surface area contributed by atoms with Crippen LogP contribution in [0.15, 0.2) is 11.4 Å². The molecule has 3 nitrogen and oxygen atoms in total. The molecule has 0 fully saturated rings. The minimum Gasteiger partial charge on any atom is -0.389 e. The van der Waals surface area contributed by atoms with Gasteiger partial charge in [-0.3, -0.25) is 0 Å². The first-order valence-electron chi connectivity index (χ1n) is 5.77. The van der Waals surface area contributed by atoms with E-state index in [0.29, 0.717) is 6.54 Å². The number of unbranched alkanes of at least 4 members (excludes halogenated alkanes) is 1. The van der Waals surface area contributed by atoms with Gasteiger partial charge in [-0.15, -0.1) is 11.3 Å². The lowest BCUT2D eigenvalue weighted by molar-refractivity contribution is 0.0219. The van der Waals surface area contributed by atoms with Crippen LogP contribution < -0.4 is 5.32 Å². The van der Waals surface area contributed by atoms with Crippen molar-refractivity contribution in [2.24, 2.45) is 0 Å². The highest BCUT2D eigenvalue weighted by atomic mass is 32.1. The van der Waals surface area contributed by atoms with Gasteiger partial charge in [0.1, 0.15) is 6.10 Å². The smallest absolute Gasteiger partial charge is 0.115 e. The summed E-state index contributed by atoms with van der Waals surface area (Å²) in [5.41, 5.74) is 1.18. The molecule has 1 aromatic rings. The lowest BCUT2D eigenvalue weighted by atomic mass is 10.0. The number of aryl methyl sites for hydroxylation is 1. The summed E-state index contributed by atoms with van der Waals surface area (Å²) in [6.45, 7) is 2.56. The molecule has 0 radical (unpaired) electrons. The van der Waals surface area contributed by atoms with Gasteiger partial charge < -0.3 is 15.5 Å². The van der Waals surface area contributed by atoms with Crippen molar-refractivity contribution in [3.05, 3.63) is 21.9 Å². The van der Waals surface area contributed by atoms with Gasteiger partial charge in [-0.05, 0) is 36.9 Å². The molecule has 2 atom stereocenters. The number of hydrogen-bond acceptors (Lipinski definition) is 4. The topological polar surface area (TPSA) is 52.5 Å². The summed E-state index contributed by atoms with van der Waals surface area (Å²) in [6, 6.07) is 2.05. The number of aliphatic hydroxyl groups is 2. The Morgan fingerprint density at radius 1 is 1.44 bits per heavy atom. The van der Waals surface area contributed by atoms with Crippen molar-refractivity contribution in [2.45, 2.75) is 38.4 Å². The highest BCUT2D eigenvalue weighted by Crippen LogP contribution is 2.28. The van der Waals surface area contributed by atoms with Crippen LogP contribution in [0.25, 0.3) is 0 Å². The molecule has 0 aromatic carbocycles. The molecule has 92 valence electrons. The van der Waals surface area contributed by atoms with Crippen LogP contribution in [0.4, 0.5) is 0 Å². The predicted molar refractivity (Wildman–Crippen MR) is 67.8 cm³/mol. The van der Waals surface area contributed by atoms with Gasteiger partial charge in [0.25, 0.3) is 0 Å². The summed E-state index contributed by atoms with van der Waals surface area (Å²) in [5.74, 6) is 0. The monoisotopic (exact) mass is 243 g/mol. The van der Waals surface area contributed by atoms with Crippen molar-refractivity contribution in [2.75, 3.05) is 13.6 Å². The first-order chi connectivity index (χ1) is 7.70. The second-order valence-corrected chi connectivity index (χ2v) is 4.93. The third kappa shape index (κ3) is 3.56. The molecule has 16 heavy (non-hydrogen) atoms. The quantitative estimate of drug-likeness (QED) is 0.683. The Kier molecular flexibility index (Phi) is 5.98. The Labute approximate surface area is 101 Å². The van der Waals surface area contributed by atoms with E-state index >= 15 is 0 Å². The summed E-state index contributed by atoms with van der Waals surface area (Å²) < 4.78 is 0. The summed E-state index contributed by atoms with van der Waals surface area (Å²) in [4.78, 5) is 0.913. The second kappa shape index (κ2) is 7.01. The standard InChI is InChI=1S/C12H21NO2S/c1-3-4-5-9-6-7-16-12(9)11(15)10(14)8-13-2/h6-7,10-11,13-15H,3-5,8H2,1-2H3. The fourth-order valence-corrected chi connectivity index (χ4v) is 2.67. The number of nitrogens with one attached hydrogen (secondary N) is 1. The van der Waals surface area contributed by atoms with Crippen LogP contribution in [0.2, 0.25) is 0 Å². The Balaban J connectivity index is 2.66. The van der Waals surface area contributed by atoms with Gasteiger partial charge in [-0.1, -0.05) is 13.3 Å². The van der Waals surface area contributed by atoms with Gasteiger partial charge in [-0.2, -0.15) is 0 Å². The minimum absolute atomic E-state index is 0.409. The molecule has 1 aromatic heterocycles. The molecular formula is C12H21NO2S. The maximum atomic E-state index is 10.0. The first-order valence-corrected chi connectivity index (χ1v) is 6.65. The average Bonchev–Trinajstić information content (AvgIpc) is 2.73. The maximum Gasteiger partial charge on any atom is 0.115 e. The van der Waals surface area contributed by atoms with Crippen LogP contribution in [0.1, 0.15) is 36.3 Å². The van der Waals surface area contributed by atoms with Crippen molar-refractivity contribution in [1.29, 1.82) is 0 Å². The molecule has 2 unspecified atom stereocenters. The van der Waals surface area contributed by atoms with Crippen LogP contribution in [0, 0.1) is 0 Å². The zero-order valence-corrected chi connectivity index (χ0v) is 10.8. The normalized spacial score (nSPS) is 15.0. The molecule has 0 amide bonds. The molecule has 1 heterocycles. The first kappa shape index (κ1) is 13.6. The highest BCUT2D eigenvalue weighted by Gasteiger charge is 2.21. The molecule has 0 aliphatic rings. The van der Waals surface area contributed by atoms with E-state index in [1.54, 1.807) is 7.05 Å². The Bertz CT molecular complexity index is 301. The SMILES string of the molecule is CCCCc1ccsc1C(O)C(O)CNC. The van der Waals surface area contributed by atoms with Gasteiger partial charge in [0.2, 0.25) is 0 Å². The molecule has 0 bridgehead atoms. The van der Waals surface area contributed by atoms with E-state index in [2.05, 4.69) is 12.2 Å². The fraction of sp³-hybridized carbons (Fsp3) is 0.667. The van der Waals surface area contributed by atoms with E-state index in [0.717, 1.165) is 24.1 Å². The van der Waals surface area contributed by atoms with Crippen molar-refractivity contribution >= 4 is 11.3 Å². The molecule has 0 aliphatic heterocycles.